The van der Waals surface area contributed by atoms with Gasteiger partial charge >= 0.3 is 0 Å². The smallest absolute Gasteiger partial charge is 0.148 e. The average Bonchev–Trinajstić information content (AvgIpc) is 2.64. The van der Waals surface area contributed by atoms with Crippen molar-refractivity contribution in [1.29, 1.82) is 5.26 Å². The summed E-state index contributed by atoms with van der Waals surface area (Å²) in [7, 11) is 1.57. The van der Waals surface area contributed by atoms with E-state index in [4.69, 9.17) is 21.1 Å². The topological polar surface area (TPSA) is 67.2 Å². The van der Waals surface area contributed by atoms with Crippen LogP contribution in [0.3, 0.4) is 0 Å². The Morgan fingerprint density at radius 1 is 1.19 bits per heavy atom. The van der Waals surface area contributed by atoms with Crippen molar-refractivity contribution in [3.05, 3.63) is 59.0 Å². The number of fused-ring (bicyclic) bond motifs is 1. The number of nitrogens with one attached hydrogen (secondary N) is 1. The van der Waals surface area contributed by atoms with Crippen molar-refractivity contribution < 1.29 is 13.9 Å². The zero-order chi connectivity index (χ0) is 18.5. The molecule has 0 saturated carbocycles. The van der Waals surface area contributed by atoms with E-state index in [0.29, 0.717) is 46.1 Å². The van der Waals surface area contributed by atoms with E-state index in [1.54, 1.807) is 43.6 Å². The van der Waals surface area contributed by atoms with Crippen molar-refractivity contribution in [3.8, 4) is 11.8 Å². The Hall–Kier alpha value is -2.59. The van der Waals surface area contributed by atoms with Crippen LogP contribution in [0.5, 0.6) is 5.75 Å². The van der Waals surface area contributed by atoms with Crippen molar-refractivity contribution in [1.82, 2.24) is 4.98 Å². The number of nitriles is 1. The minimum atomic E-state index is -0.470. The lowest BCUT2D eigenvalue weighted by Gasteiger charge is -2.13. The number of pyridine rings is 1. The van der Waals surface area contributed by atoms with Crippen molar-refractivity contribution in [2.45, 2.75) is 0 Å². The van der Waals surface area contributed by atoms with E-state index in [-0.39, 0.29) is 18.1 Å². The van der Waals surface area contributed by atoms with Gasteiger partial charge in [0.1, 0.15) is 24.2 Å². The first-order valence-corrected chi connectivity index (χ1v) is 8.17. The molecular weight excluding hydrogens is 392 g/mol. The van der Waals surface area contributed by atoms with Crippen molar-refractivity contribution in [2.24, 2.45) is 0 Å². The molecule has 3 rings (SSSR count). The first-order chi connectivity index (χ1) is 12.6. The van der Waals surface area contributed by atoms with Gasteiger partial charge < -0.3 is 14.8 Å². The Kier molecular flexibility index (Phi) is 7.19. The summed E-state index contributed by atoms with van der Waals surface area (Å²) < 4.78 is 24.6. The van der Waals surface area contributed by atoms with Crippen LogP contribution < -0.4 is 10.1 Å². The molecule has 1 N–H and O–H groups in total. The molecule has 2 aromatic carbocycles. The third-order valence-corrected chi connectivity index (χ3v) is 3.94. The quantitative estimate of drug-likeness (QED) is 0.576. The monoisotopic (exact) mass is 407 g/mol. The molecule has 0 saturated heterocycles. The molecule has 1 aromatic heterocycles. The van der Waals surface area contributed by atoms with Gasteiger partial charge in [-0.25, -0.2) is 4.39 Å². The minimum absolute atomic E-state index is 0. The lowest BCUT2D eigenvalue weighted by molar-refractivity contribution is 0.146. The molecule has 140 valence electrons. The minimum Gasteiger partial charge on any atom is -0.490 e. The van der Waals surface area contributed by atoms with Crippen LogP contribution >= 0.6 is 24.0 Å². The molecule has 3 aromatic rings. The number of methoxy groups -OCH3 is 1. The standard InChI is InChI=1S/C19H15ClFN3O2.ClH/c1-25-6-7-26-19-10-18-14(8-12(19)11-22)16(4-5-23-18)24-17-3-2-13(20)9-15(17)21;/h2-5,8-10H,6-7H2,1H3,(H,23,24);1H. The number of halogens is 3. The van der Waals surface area contributed by atoms with Gasteiger partial charge in [-0.05, 0) is 30.3 Å². The number of hydrogen-bond donors (Lipinski definition) is 1. The Bertz CT molecular complexity index is 993. The summed E-state index contributed by atoms with van der Waals surface area (Å²) >= 11 is 5.79. The van der Waals surface area contributed by atoms with Gasteiger partial charge in [-0.3, -0.25) is 4.98 Å². The molecule has 0 fully saturated rings. The Morgan fingerprint density at radius 3 is 2.70 bits per heavy atom. The summed E-state index contributed by atoms with van der Waals surface area (Å²) in [6, 6.07) is 11.6. The maximum Gasteiger partial charge on any atom is 0.148 e. The second kappa shape index (κ2) is 9.38. The fourth-order valence-electron chi connectivity index (χ4n) is 2.46. The maximum atomic E-state index is 14.1. The zero-order valence-electron chi connectivity index (χ0n) is 14.3. The van der Waals surface area contributed by atoms with Crippen LogP contribution in [0.25, 0.3) is 10.9 Å². The molecule has 0 bridgehead atoms. The number of ether oxygens (including phenoxy) is 2. The molecule has 27 heavy (non-hydrogen) atoms. The van der Waals surface area contributed by atoms with E-state index in [2.05, 4.69) is 16.4 Å². The van der Waals surface area contributed by atoms with Gasteiger partial charge in [0.05, 0.1) is 23.4 Å². The number of aromatic nitrogens is 1. The van der Waals surface area contributed by atoms with E-state index in [9.17, 15) is 9.65 Å². The molecule has 0 amide bonds. The molecule has 5 nitrogen and oxygen atoms in total. The summed E-state index contributed by atoms with van der Waals surface area (Å²) in [4.78, 5) is 4.31. The summed E-state index contributed by atoms with van der Waals surface area (Å²) in [6.07, 6.45) is 1.60. The number of nitrogens with zero attached hydrogens (tertiary/aromatic N) is 2. The van der Waals surface area contributed by atoms with E-state index in [0.717, 1.165) is 0 Å². The first-order valence-electron chi connectivity index (χ1n) is 7.79. The first kappa shape index (κ1) is 20.7. The Labute approximate surface area is 167 Å². The van der Waals surface area contributed by atoms with Crippen LogP contribution in [-0.4, -0.2) is 25.3 Å². The van der Waals surface area contributed by atoms with Crippen LogP contribution in [0.1, 0.15) is 5.56 Å². The molecule has 1 heterocycles. The molecule has 0 aliphatic heterocycles. The third kappa shape index (κ3) is 4.77. The molecule has 0 spiro atoms. The fraction of sp³-hybridized carbons (Fsp3) is 0.158. The van der Waals surface area contributed by atoms with Gasteiger partial charge in [0.25, 0.3) is 0 Å². The largest absolute Gasteiger partial charge is 0.490 e. The summed E-state index contributed by atoms with van der Waals surface area (Å²) in [6.45, 7) is 0.735. The molecule has 0 radical (unpaired) electrons. The molecule has 0 atom stereocenters. The number of benzene rings is 2. The van der Waals surface area contributed by atoms with Crippen LogP contribution in [-0.2, 0) is 4.74 Å². The summed E-state index contributed by atoms with van der Waals surface area (Å²) in [5.41, 5.74) is 1.88. The summed E-state index contributed by atoms with van der Waals surface area (Å²) in [5.74, 6) is -0.0399. The van der Waals surface area contributed by atoms with Crippen LogP contribution in [0.4, 0.5) is 15.8 Å². The highest BCUT2D eigenvalue weighted by Crippen LogP contribution is 2.31. The second-order valence-electron chi connectivity index (χ2n) is 5.43. The van der Waals surface area contributed by atoms with E-state index >= 15 is 0 Å². The SMILES string of the molecule is COCCOc1cc2nccc(Nc3ccc(Cl)cc3F)c2cc1C#N.Cl. The molecule has 0 aliphatic rings. The van der Waals surface area contributed by atoms with E-state index in [1.807, 2.05) is 0 Å². The lowest BCUT2D eigenvalue weighted by atomic mass is 10.1. The molecule has 0 unspecified atom stereocenters. The van der Waals surface area contributed by atoms with Crippen LogP contribution in [0, 0.1) is 17.1 Å². The number of anilines is 2. The van der Waals surface area contributed by atoms with Gasteiger partial charge in [0.15, 0.2) is 0 Å². The molecule has 8 heteroatoms. The fourth-order valence-corrected chi connectivity index (χ4v) is 2.62. The molecule has 0 aliphatic carbocycles. The second-order valence-corrected chi connectivity index (χ2v) is 5.86. The zero-order valence-corrected chi connectivity index (χ0v) is 15.9. The third-order valence-electron chi connectivity index (χ3n) is 3.71. The van der Waals surface area contributed by atoms with Gasteiger partial charge in [-0.15, -0.1) is 12.4 Å². The normalized spacial score (nSPS) is 10.1. The van der Waals surface area contributed by atoms with Gasteiger partial charge in [0, 0.05) is 35.5 Å². The van der Waals surface area contributed by atoms with Gasteiger partial charge in [0.2, 0.25) is 0 Å². The lowest BCUT2D eigenvalue weighted by Crippen LogP contribution is -2.05. The maximum absolute atomic E-state index is 14.1. The Morgan fingerprint density at radius 2 is 2.00 bits per heavy atom. The van der Waals surface area contributed by atoms with Crippen LogP contribution in [0.15, 0.2) is 42.6 Å². The number of rotatable bonds is 6. The van der Waals surface area contributed by atoms with Crippen LogP contribution in [0.2, 0.25) is 5.02 Å². The highest BCUT2D eigenvalue weighted by Gasteiger charge is 2.11. The van der Waals surface area contributed by atoms with E-state index in [1.165, 1.54) is 6.07 Å². The highest BCUT2D eigenvalue weighted by atomic mass is 35.5. The van der Waals surface area contributed by atoms with E-state index < -0.39 is 5.82 Å². The average molecular weight is 408 g/mol. The summed E-state index contributed by atoms with van der Waals surface area (Å²) in [5, 5.41) is 13.4. The van der Waals surface area contributed by atoms with Crippen molar-refractivity contribution >= 4 is 46.3 Å². The van der Waals surface area contributed by atoms with Crippen molar-refractivity contribution in [2.75, 3.05) is 25.6 Å². The predicted octanol–water partition coefficient (Wildman–Crippen LogP) is 5.09. The Balaban J connectivity index is 0.00000261. The highest BCUT2D eigenvalue weighted by molar-refractivity contribution is 6.30. The predicted molar refractivity (Wildman–Crippen MR) is 106 cm³/mol. The number of hydrogen-bond acceptors (Lipinski definition) is 5. The van der Waals surface area contributed by atoms with Gasteiger partial charge in [-0.2, -0.15) is 5.26 Å². The van der Waals surface area contributed by atoms with Crippen molar-refractivity contribution in [3.63, 3.8) is 0 Å². The molecular formula is C19H16Cl2FN3O2. The van der Waals surface area contributed by atoms with Gasteiger partial charge in [-0.1, -0.05) is 11.6 Å².